The summed E-state index contributed by atoms with van der Waals surface area (Å²) in [6.45, 7) is 0. The van der Waals surface area contributed by atoms with Crippen molar-refractivity contribution in [2.75, 3.05) is 7.05 Å². The molecule has 0 aromatic carbocycles. The van der Waals surface area contributed by atoms with E-state index in [0.717, 1.165) is 24.2 Å². The van der Waals surface area contributed by atoms with Gasteiger partial charge in [-0.25, -0.2) is 0 Å². The Bertz CT molecular complexity index is 156. The number of nitrogens with one attached hydrogen (secondary N) is 1. The average Bonchev–Trinajstić information content (AvgIpc) is 1.89. The van der Waals surface area contributed by atoms with Gasteiger partial charge in [-0.3, -0.25) is 0 Å². The highest BCUT2D eigenvalue weighted by Gasteiger charge is 2.00. The van der Waals surface area contributed by atoms with E-state index in [1.54, 1.807) is 0 Å². The highest BCUT2D eigenvalue weighted by atomic mass is 14.9. The molecule has 0 unspecified atom stereocenters. The van der Waals surface area contributed by atoms with Gasteiger partial charge in [0, 0.05) is 7.05 Å². The third-order valence-electron chi connectivity index (χ3n) is 1.46. The lowest BCUT2D eigenvalue weighted by Crippen LogP contribution is -2.15. The first-order chi connectivity index (χ1) is 4.34. The number of rotatable bonds is 1. The van der Waals surface area contributed by atoms with Crippen molar-refractivity contribution in [2.24, 2.45) is 5.73 Å². The Balaban J connectivity index is 2.68. The Labute approximate surface area is 55.4 Å². The van der Waals surface area contributed by atoms with Gasteiger partial charge in [0.25, 0.3) is 0 Å². The van der Waals surface area contributed by atoms with Crippen molar-refractivity contribution in [3.63, 3.8) is 0 Å². The van der Waals surface area contributed by atoms with Crippen molar-refractivity contribution >= 4 is 0 Å². The van der Waals surface area contributed by atoms with Gasteiger partial charge >= 0.3 is 0 Å². The minimum absolute atomic E-state index is 0.878. The Hall–Kier alpha value is -0.920. The number of likely N-dealkylation sites (N-methyl/N-ethyl adjacent to an activating group) is 1. The number of hydrogen-bond acceptors (Lipinski definition) is 2. The van der Waals surface area contributed by atoms with Crippen LogP contribution in [0.1, 0.15) is 12.8 Å². The molecule has 0 aromatic rings. The van der Waals surface area contributed by atoms with Gasteiger partial charge < -0.3 is 11.1 Å². The van der Waals surface area contributed by atoms with E-state index in [0.29, 0.717) is 0 Å². The van der Waals surface area contributed by atoms with E-state index in [4.69, 9.17) is 5.73 Å². The minimum Gasteiger partial charge on any atom is -0.397 e. The minimum atomic E-state index is 0.878. The summed E-state index contributed by atoms with van der Waals surface area (Å²) in [5, 5.41) is 3.02. The topological polar surface area (TPSA) is 38.0 Å². The summed E-state index contributed by atoms with van der Waals surface area (Å²) in [7, 11) is 1.89. The predicted octanol–water partition coefficient (Wildman–Crippen LogP) is 0.726. The van der Waals surface area contributed by atoms with E-state index in [9.17, 15) is 0 Å². The maximum atomic E-state index is 5.62. The third-order valence-corrected chi connectivity index (χ3v) is 1.46. The smallest absolute Gasteiger partial charge is 0.0527 e. The van der Waals surface area contributed by atoms with E-state index in [1.165, 1.54) is 0 Å². The molecule has 0 saturated carbocycles. The molecule has 0 radical (unpaired) electrons. The highest BCUT2D eigenvalue weighted by Crippen LogP contribution is 2.10. The largest absolute Gasteiger partial charge is 0.397 e. The summed E-state index contributed by atoms with van der Waals surface area (Å²) in [4.78, 5) is 0. The first kappa shape index (κ1) is 6.20. The summed E-state index contributed by atoms with van der Waals surface area (Å²) in [6, 6.07) is 0. The molecule has 0 atom stereocenters. The molecule has 3 N–H and O–H groups in total. The zero-order valence-corrected chi connectivity index (χ0v) is 5.65. The van der Waals surface area contributed by atoms with Gasteiger partial charge in [-0.15, -0.1) is 0 Å². The summed E-state index contributed by atoms with van der Waals surface area (Å²) < 4.78 is 0. The zero-order chi connectivity index (χ0) is 6.69. The van der Waals surface area contributed by atoms with E-state index in [1.807, 2.05) is 13.1 Å². The predicted molar refractivity (Wildman–Crippen MR) is 38.6 cm³/mol. The first-order valence-electron chi connectivity index (χ1n) is 3.18. The molecule has 0 spiro atoms. The fraction of sp³-hybridized carbons (Fsp3) is 0.429. The molecule has 9 heavy (non-hydrogen) atoms. The van der Waals surface area contributed by atoms with Crippen LogP contribution >= 0.6 is 0 Å². The van der Waals surface area contributed by atoms with Crippen molar-refractivity contribution in [1.82, 2.24) is 5.32 Å². The molecular weight excluding hydrogens is 112 g/mol. The molecule has 50 valence electrons. The van der Waals surface area contributed by atoms with Crippen molar-refractivity contribution < 1.29 is 0 Å². The van der Waals surface area contributed by atoms with Crippen molar-refractivity contribution in [3.8, 4) is 0 Å². The SMILES string of the molecule is CNC1=CCCC=C1N. The van der Waals surface area contributed by atoms with Crippen LogP contribution in [-0.2, 0) is 0 Å². The molecular formula is C7H12N2. The Morgan fingerprint density at radius 1 is 1.44 bits per heavy atom. The molecule has 2 nitrogen and oxygen atoms in total. The fourth-order valence-corrected chi connectivity index (χ4v) is 0.941. The zero-order valence-electron chi connectivity index (χ0n) is 5.65. The molecule has 0 aromatic heterocycles. The van der Waals surface area contributed by atoms with Crippen molar-refractivity contribution in [2.45, 2.75) is 12.8 Å². The van der Waals surface area contributed by atoms with Crippen LogP contribution in [0.5, 0.6) is 0 Å². The van der Waals surface area contributed by atoms with Crippen LogP contribution in [0.4, 0.5) is 0 Å². The molecule has 1 aliphatic carbocycles. The van der Waals surface area contributed by atoms with Gasteiger partial charge in [-0.05, 0) is 12.8 Å². The Morgan fingerprint density at radius 3 is 2.56 bits per heavy atom. The van der Waals surface area contributed by atoms with Crippen LogP contribution in [-0.4, -0.2) is 7.05 Å². The maximum absolute atomic E-state index is 5.62. The second-order valence-corrected chi connectivity index (χ2v) is 2.10. The van der Waals surface area contributed by atoms with Gasteiger partial charge in [0.1, 0.15) is 0 Å². The van der Waals surface area contributed by atoms with E-state index >= 15 is 0 Å². The fourth-order valence-electron chi connectivity index (χ4n) is 0.941. The summed E-state index contributed by atoms with van der Waals surface area (Å²) in [6.07, 6.45) is 6.36. The lowest BCUT2D eigenvalue weighted by Gasteiger charge is -2.10. The molecule has 1 rings (SSSR count). The summed E-state index contributed by atoms with van der Waals surface area (Å²) in [5.74, 6) is 0. The molecule has 0 bridgehead atoms. The maximum Gasteiger partial charge on any atom is 0.0527 e. The molecule has 0 amide bonds. The third kappa shape index (κ3) is 1.25. The van der Waals surface area contributed by atoms with Crippen LogP contribution in [0.15, 0.2) is 23.5 Å². The van der Waals surface area contributed by atoms with Crippen LogP contribution < -0.4 is 11.1 Å². The summed E-state index contributed by atoms with van der Waals surface area (Å²) in [5.41, 5.74) is 7.57. The van der Waals surface area contributed by atoms with Crippen LogP contribution in [0.2, 0.25) is 0 Å². The van der Waals surface area contributed by atoms with Gasteiger partial charge in [-0.2, -0.15) is 0 Å². The lowest BCUT2D eigenvalue weighted by atomic mass is 10.1. The van der Waals surface area contributed by atoms with Gasteiger partial charge in [0.2, 0.25) is 0 Å². The van der Waals surface area contributed by atoms with Gasteiger partial charge in [0.05, 0.1) is 11.4 Å². The molecule has 0 fully saturated rings. The van der Waals surface area contributed by atoms with E-state index in [-0.39, 0.29) is 0 Å². The molecule has 0 saturated heterocycles. The Morgan fingerprint density at radius 2 is 2.11 bits per heavy atom. The van der Waals surface area contributed by atoms with Crippen LogP contribution in [0.3, 0.4) is 0 Å². The highest BCUT2D eigenvalue weighted by molar-refractivity contribution is 5.28. The normalized spacial score (nSPS) is 18.3. The number of allylic oxidation sites excluding steroid dienone is 2. The average molecular weight is 124 g/mol. The lowest BCUT2D eigenvalue weighted by molar-refractivity contribution is 0.901. The quantitative estimate of drug-likeness (QED) is 0.540. The first-order valence-corrected chi connectivity index (χ1v) is 3.18. The van der Waals surface area contributed by atoms with Crippen LogP contribution in [0, 0.1) is 0 Å². The number of nitrogens with two attached hydrogens (primary N) is 1. The second kappa shape index (κ2) is 2.58. The second-order valence-electron chi connectivity index (χ2n) is 2.10. The molecule has 0 heterocycles. The van der Waals surface area contributed by atoms with Gasteiger partial charge in [0.15, 0.2) is 0 Å². The monoisotopic (exact) mass is 124 g/mol. The standard InChI is InChI=1S/C7H12N2/c1-9-7-5-3-2-4-6(7)8/h4-5,9H,2-3,8H2,1H3. The van der Waals surface area contributed by atoms with E-state index < -0.39 is 0 Å². The Kier molecular flexibility index (Phi) is 1.78. The van der Waals surface area contributed by atoms with Crippen molar-refractivity contribution in [1.29, 1.82) is 0 Å². The molecule has 0 aliphatic heterocycles. The molecule has 1 aliphatic rings. The van der Waals surface area contributed by atoms with Crippen LogP contribution in [0.25, 0.3) is 0 Å². The van der Waals surface area contributed by atoms with E-state index in [2.05, 4.69) is 11.4 Å². The number of hydrogen-bond donors (Lipinski definition) is 2. The summed E-state index contributed by atoms with van der Waals surface area (Å²) >= 11 is 0. The molecule has 2 heteroatoms. The van der Waals surface area contributed by atoms with Crippen molar-refractivity contribution in [3.05, 3.63) is 23.5 Å². The van der Waals surface area contributed by atoms with Gasteiger partial charge in [-0.1, -0.05) is 12.2 Å².